The number of anilines is 1. The molecule has 4 aromatic rings. The average molecular weight is 436 g/mol. The molecule has 0 spiro atoms. The number of hydrogen-bond acceptors (Lipinski definition) is 7. The summed E-state index contributed by atoms with van der Waals surface area (Å²) in [6.07, 6.45) is 0. The zero-order chi connectivity index (χ0) is 21.4. The number of hydrogen-bond donors (Lipinski definition) is 1. The van der Waals surface area contributed by atoms with Gasteiger partial charge in [0.15, 0.2) is 5.16 Å². The van der Waals surface area contributed by atoms with Crippen LogP contribution in [-0.2, 0) is 0 Å². The summed E-state index contributed by atoms with van der Waals surface area (Å²) < 4.78 is 0. The fourth-order valence-corrected chi connectivity index (χ4v) is 5.36. The number of rotatable bonds is 4. The number of carbonyl (C=O) groups excluding carboxylic acids is 1. The zero-order valence-corrected chi connectivity index (χ0v) is 19.0. The highest BCUT2D eigenvalue weighted by molar-refractivity contribution is 7.99. The van der Waals surface area contributed by atoms with Crippen molar-refractivity contribution in [1.29, 1.82) is 0 Å². The fourth-order valence-electron chi connectivity index (χ4n) is 3.33. The minimum atomic E-state index is -0.134. The van der Waals surface area contributed by atoms with Gasteiger partial charge in [-0.05, 0) is 82.3 Å². The van der Waals surface area contributed by atoms with Gasteiger partial charge in [-0.3, -0.25) is 4.79 Å². The highest BCUT2D eigenvalue weighted by atomic mass is 32.2. The minimum absolute atomic E-state index is 0.134. The second kappa shape index (κ2) is 8.12. The van der Waals surface area contributed by atoms with Gasteiger partial charge in [0.1, 0.15) is 10.7 Å². The number of aromatic nitrogens is 4. The molecule has 30 heavy (non-hydrogen) atoms. The lowest BCUT2D eigenvalue weighted by atomic mass is 10.1. The van der Waals surface area contributed by atoms with Crippen LogP contribution in [0.15, 0.2) is 40.4 Å². The lowest BCUT2D eigenvalue weighted by Gasteiger charge is -2.07. The molecule has 8 heteroatoms. The SMILES string of the molecule is Cc1cc(C)nc(Sc2ccc(NC(=O)c3sc4nc(C)nc(C)c4c3C)cc2)n1. The molecule has 0 saturated carbocycles. The van der Waals surface area contributed by atoms with Crippen LogP contribution in [0.4, 0.5) is 5.69 Å². The van der Waals surface area contributed by atoms with Crippen LogP contribution in [0.2, 0.25) is 0 Å². The number of nitrogens with one attached hydrogen (secondary N) is 1. The molecule has 0 fully saturated rings. The molecule has 0 saturated heterocycles. The van der Waals surface area contributed by atoms with Crippen LogP contribution in [-0.4, -0.2) is 25.8 Å². The molecule has 3 heterocycles. The first-order valence-corrected chi connectivity index (χ1v) is 11.1. The average Bonchev–Trinajstić information content (AvgIpc) is 2.99. The van der Waals surface area contributed by atoms with E-state index >= 15 is 0 Å². The third-order valence-electron chi connectivity index (χ3n) is 4.57. The number of benzene rings is 1. The normalized spacial score (nSPS) is 11.1. The molecule has 0 radical (unpaired) electrons. The van der Waals surface area contributed by atoms with E-state index < -0.39 is 0 Å². The third kappa shape index (κ3) is 4.20. The van der Waals surface area contributed by atoms with E-state index in [0.29, 0.717) is 10.7 Å². The molecule has 6 nitrogen and oxygen atoms in total. The number of aryl methyl sites for hydroxylation is 5. The van der Waals surface area contributed by atoms with Gasteiger partial charge in [0, 0.05) is 33.1 Å². The maximum atomic E-state index is 12.9. The zero-order valence-electron chi connectivity index (χ0n) is 17.4. The molecular weight excluding hydrogens is 414 g/mol. The Morgan fingerprint density at radius 2 is 1.60 bits per heavy atom. The van der Waals surface area contributed by atoms with Crippen molar-refractivity contribution in [3.05, 3.63) is 63.7 Å². The molecule has 0 aliphatic rings. The quantitative estimate of drug-likeness (QED) is 0.431. The molecule has 1 amide bonds. The minimum Gasteiger partial charge on any atom is -0.321 e. The molecular formula is C22H21N5OS2. The highest BCUT2D eigenvalue weighted by Gasteiger charge is 2.19. The van der Waals surface area contributed by atoms with Crippen molar-refractivity contribution in [2.75, 3.05) is 5.32 Å². The summed E-state index contributed by atoms with van der Waals surface area (Å²) in [5, 5.41) is 4.67. The molecule has 0 unspecified atom stereocenters. The van der Waals surface area contributed by atoms with Gasteiger partial charge in [-0.25, -0.2) is 19.9 Å². The maximum Gasteiger partial charge on any atom is 0.266 e. The van der Waals surface area contributed by atoms with Crippen molar-refractivity contribution in [3.8, 4) is 0 Å². The van der Waals surface area contributed by atoms with Gasteiger partial charge in [-0.2, -0.15) is 0 Å². The smallest absolute Gasteiger partial charge is 0.266 e. The Balaban J connectivity index is 1.52. The molecule has 0 aliphatic carbocycles. The van der Waals surface area contributed by atoms with Crippen molar-refractivity contribution in [3.63, 3.8) is 0 Å². The van der Waals surface area contributed by atoms with Crippen molar-refractivity contribution in [2.45, 2.75) is 44.7 Å². The number of thiophene rings is 1. The Labute approximate surface area is 183 Å². The lowest BCUT2D eigenvalue weighted by Crippen LogP contribution is -2.11. The van der Waals surface area contributed by atoms with Gasteiger partial charge < -0.3 is 5.32 Å². The van der Waals surface area contributed by atoms with E-state index in [1.165, 1.54) is 23.1 Å². The van der Waals surface area contributed by atoms with Crippen molar-refractivity contribution < 1.29 is 4.79 Å². The van der Waals surface area contributed by atoms with Crippen LogP contribution < -0.4 is 5.32 Å². The summed E-state index contributed by atoms with van der Waals surface area (Å²) >= 11 is 2.90. The third-order valence-corrected chi connectivity index (χ3v) is 6.63. The van der Waals surface area contributed by atoms with Crippen molar-refractivity contribution in [1.82, 2.24) is 19.9 Å². The van der Waals surface area contributed by atoms with Crippen LogP contribution >= 0.6 is 23.1 Å². The molecule has 0 atom stereocenters. The molecule has 1 aromatic carbocycles. The van der Waals surface area contributed by atoms with Crippen molar-refractivity contribution >= 4 is 44.9 Å². The van der Waals surface area contributed by atoms with E-state index in [0.717, 1.165) is 48.6 Å². The first kappa shape index (κ1) is 20.4. The lowest BCUT2D eigenvalue weighted by molar-refractivity contribution is 0.103. The van der Waals surface area contributed by atoms with Gasteiger partial charge >= 0.3 is 0 Å². The second-order valence-corrected chi connectivity index (χ2v) is 9.15. The number of amides is 1. The summed E-state index contributed by atoms with van der Waals surface area (Å²) in [6, 6.07) is 9.64. The topological polar surface area (TPSA) is 80.7 Å². The predicted molar refractivity (Wildman–Crippen MR) is 122 cm³/mol. The first-order chi connectivity index (χ1) is 14.3. The van der Waals surface area contributed by atoms with E-state index in [1.54, 1.807) is 0 Å². The standard InChI is InChI=1S/C22H21N5OS2/c1-11-10-12(2)24-22(23-11)29-17-8-6-16(7-9-17)27-20(28)19-13(3)18-14(4)25-15(5)26-21(18)30-19/h6-10H,1-5H3,(H,27,28). The van der Waals surface area contributed by atoms with Gasteiger partial charge in [0.25, 0.3) is 5.91 Å². The molecule has 4 rings (SSSR count). The molecule has 0 bridgehead atoms. The maximum absolute atomic E-state index is 12.9. The van der Waals surface area contributed by atoms with Gasteiger partial charge in [-0.1, -0.05) is 0 Å². The van der Waals surface area contributed by atoms with Gasteiger partial charge in [0.2, 0.25) is 0 Å². The molecule has 1 N–H and O–H groups in total. The first-order valence-electron chi connectivity index (χ1n) is 9.46. The summed E-state index contributed by atoms with van der Waals surface area (Å²) in [5.74, 6) is 0.583. The highest BCUT2D eigenvalue weighted by Crippen LogP contribution is 2.32. The van der Waals surface area contributed by atoms with Gasteiger partial charge in [0.05, 0.1) is 4.88 Å². The second-order valence-electron chi connectivity index (χ2n) is 7.11. The monoisotopic (exact) mass is 435 g/mol. The van der Waals surface area contributed by atoms with Crippen LogP contribution in [0.3, 0.4) is 0 Å². The molecule has 152 valence electrons. The molecule has 0 aliphatic heterocycles. The Kier molecular flexibility index (Phi) is 5.53. The Hall–Kier alpha value is -2.84. The number of fused-ring (bicyclic) bond motifs is 1. The summed E-state index contributed by atoms with van der Waals surface area (Å²) in [5.41, 5.74) is 4.45. The Bertz CT molecular complexity index is 1240. The summed E-state index contributed by atoms with van der Waals surface area (Å²) in [7, 11) is 0. The number of carbonyl (C=O) groups is 1. The van der Waals surface area contributed by atoms with Gasteiger partial charge in [-0.15, -0.1) is 11.3 Å². The van der Waals surface area contributed by atoms with Crippen LogP contribution in [0, 0.1) is 34.6 Å². The summed E-state index contributed by atoms with van der Waals surface area (Å²) in [6.45, 7) is 9.69. The predicted octanol–water partition coefficient (Wildman–Crippen LogP) is 5.43. The van der Waals surface area contributed by atoms with E-state index in [1.807, 2.05) is 65.0 Å². The van der Waals surface area contributed by atoms with E-state index in [9.17, 15) is 4.79 Å². The Morgan fingerprint density at radius 1 is 0.933 bits per heavy atom. The van der Waals surface area contributed by atoms with Crippen LogP contribution in [0.25, 0.3) is 10.2 Å². The van der Waals surface area contributed by atoms with E-state index in [-0.39, 0.29) is 5.91 Å². The summed E-state index contributed by atoms with van der Waals surface area (Å²) in [4.78, 5) is 33.2. The van der Waals surface area contributed by atoms with Crippen LogP contribution in [0.5, 0.6) is 0 Å². The molecule has 3 aromatic heterocycles. The van der Waals surface area contributed by atoms with E-state index in [4.69, 9.17) is 0 Å². The Morgan fingerprint density at radius 3 is 2.27 bits per heavy atom. The fraction of sp³-hybridized carbons (Fsp3) is 0.227. The number of nitrogens with zero attached hydrogens (tertiary/aromatic N) is 4. The van der Waals surface area contributed by atoms with Crippen LogP contribution in [0.1, 0.15) is 38.1 Å². The van der Waals surface area contributed by atoms with E-state index in [2.05, 4.69) is 25.3 Å². The largest absolute Gasteiger partial charge is 0.321 e. The van der Waals surface area contributed by atoms with Crippen molar-refractivity contribution in [2.24, 2.45) is 0 Å².